The smallest absolute Gasteiger partial charge is 0.254 e. The Balaban J connectivity index is 1.34. The molecule has 0 spiro atoms. The normalized spacial score (nSPS) is 29.0. The van der Waals surface area contributed by atoms with Gasteiger partial charge in [0.2, 0.25) is 0 Å². The van der Waals surface area contributed by atoms with Gasteiger partial charge < -0.3 is 34.3 Å². The topological polar surface area (TPSA) is 150 Å². The van der Waals surface area contributed by atoms with Crippen molar-refractivity contribution in [3.8, 4) is 5.88 Å². The van der Waals surface area contributed by atoms with Crippen LogP contribution in [0.25, 0.3) is 11.2 Å². The van der Waals surface area contributed by atoms with Gasteiger partial charge in [-0.05, 0) is 18.5 Å². The van der Waals surface area contributed by atoms with Gasteiger partial charge >= 0.3 is 0 Å². The summed E-state index contributed by atoms with van der Waals surface area (Å²) in [6, 6.07) is 1.78. The van der Waals surface area contributed by atoms with Crippen LogP contribution in [0.15, 0.2) is 23.2 Å². The van der Waals surface area contributed by atoms with Gasteiger partial charge in [0.05, 0.1) is 19.0 Å². The van der Waals surface area contributed by atoms with Gasteiger partial charge in [-0.25, -0.2) is 15.0 Å². The first-order valence-corrected chi connectivity index (χ1v) is 9.69. The van der Waals surface area contributed by atoms with Crippen LogP contribution in [0.3, 0.4) is 0 Å². The van der Waals surface area contributed by atoms with Gasteiger partial charge in [0, 0.05) is 12.7 Å². The van der Waals surface area contributed by atoms with Crippen molar-refractivity contribution in [1.82, 2.24) is 24.7 Å². The number of hydrogen-bond donors (Lipinski definition) is 3. The Kier molecular flexibility index (Phi) is 4.98. The third-order valence-corrected chi connectivity index (χ3v) is 5.24. The molecule has 12 nitrogen and oxygen atoms in total. The van der Waals surface area contributed by atoms with Crippen LogP contribution in [0.5, 0.6) is 5.88 Å². The highest BCUT2D eigenvalue weighted by atomic mass is 16.6. The zero-order valence-corrected chi connectivity index (χ0v) is 16.2. The molecule has 3 aromatic heterocycles. The molecular formula is C18H22N6O6. The molecule has 12 heteroatoms. The second kappa shape index (κ2) is 7.80. The number of aliphatic hydroxyl groups is 2. The Labute approximate surface area is 170 Å². The number of anilines is 1. The summed E-state index contributed by atoms with van der Waals surface area (Å²) in [4.78, 5) is 13.0. The van der Waals surface area contributed by atoms with E-state index in [0.29, 0.717) is 36.0 Å². The minimum absolute atomic E-state index is 0.00318. The number of aromatic nitrogens is 5. The molecule has 0 saturated carbocycles. The summed E-state index contributed by atoms with van der Waals surface area (Å²) in [5.74, 6) is 1.48. The molecule has 2 aliphatic heterocycles. The Morgan fingerprint density at radius 3 is 2.93 bits per heavy atom. The van der Waals surface area contributed by atoms with Crippen molar-refractivity contribution in [1.29, 1.82) is 0 Å². The predicted octanol–water partition coefficient (Wildman–Crippen LogP) is 0.0217. The summed E-state index contributed by atoms with van der Waals surface area (Å²) in [6.45, 7) is 3.06. The molecule has 2 aliphatic rings. The first-order valence-electron chi connectivity index (χ1n) is 9.69. The van der Waals surface area contributed by atoms with Gasteiger partial charge in [0.15, 0.2) is 23.2 Å². The minimum Gasteiger partial charge on any atom is -0.473 e. The number of imidazole rings is 1. The van der Waals surface area contributed by atoms with Crippen molar-refractivity contribution in [2.24, 2.45) is 0 Å². The molecule has 0 aliphatic carbocycles. The van der Waals surface area contributed by atoms with E-state index in [0.717, 1.165) is 6.42 Å². The minimum atomic E-state index is -1.19. The number of aryl methyl sites for hydroxylation is 1. The second-order valence-corrected chi connectivity index (χ2v) is 7.38. The Morgan fingerprint density at radius 2 is 2.17 bits per heavy atom. The van der Waals surface area contributed by atoms with Gasteiger partial charge in [-0.3, -0.25) is 4.57 Å². The van der Waals surface area contributed by atoms with E-state index in [1.807, 2.05) is 0 Å². The molecule has 2 fully saturated rings. The second-order valence-electron chi connectivity index (χ2n) is 7.38. The largest absolute Gasteiger partial charge is 0.473 e. The van der Waals surface area contributed by atoms with Crippen LogP contribution < -0.4 is 10.1 Å². The van der Waals surface area contributed by atoms with Gasteiger partial charge in [0.25, 0.3) is 5.88 Å². The van der Waals surface area contributed by atoms with Crippen molar-refractivity contribution in [3.05, 3.63) is 24.5 Å². The Morgan fingerprint density at radius 1 is 1.27 bits per heavy atom. The highest BCUT2D eigenvalue weighted by Crippen LogP contribution is 2.32. The van der Waals surface area contributed by atoms with E-state index in [1.165, 1.54) is 12.7 Å². The van der Waals surface area contributed by atoms with Crippen LogP contribution in [0.2, 0.25) is 0 Å². The van der Waals surface area contributed by atoms with Crippen LogP contribution in [0.4, 0.5) is 5.82 Å². The van der Waals surface area contributed by atoms with Crippen LogP contribution >= 0.6 is 0 Å². The molecule has 3 N–H and O–H groups in total. The van der Waals surface area contributed by atoms with Crippen molar-refractivity contribution in [3.63, 3.8) is 0 Å². The fourth-order valence-corrected chi connectivity index (χ4v) is 3.66. The van der Waals surface area contributed by atoms with Gasteiger partial charge in [0.1, 0.15) is 37.0 Å². The number of aliphatic hydroxyl groups excluding tert-OH is 2. The summed E-state index contributed by atoms with van der Waals surface area (Å²) in [5.41, 5.74) is 1.03. The summed E-state index contributed by atoms with van der Waals surface area (Å²) in [6.07, 6.45) is -0.176. The SMILES string of the molecule is Cc1cc(OC[C@H]2O[C@@H](n3cnc4c(NC5CCOC5)ncnc43)[C@H](O)[C@H]2O)no1. The molecule has 0 radical (unpaired) electrons. The molecule has 1 unspecified atom stereocenters. The van der Waals surface area contributed by atoms with Crippen LogP contribution in [-0.4, -0.2) is 79.1 Å². The van der Waals surface area contributed by atoms with E-state index >= 15 is 0 Å². The summed E-state index contributed by atoms with van der Waals surface area (Å²) in [5, 5.41) is 28.1. The lowest BCUT2D eigenvalue weighted by atomic mass is 10.1. The third kappa shape index (κ3) is 3.47. The number of fused-ring (bicyclic) bond motifs is 1. The van der Waals surface area contributed by atoms with E-state index in [2.05, 4.69) is 25.4 Å². The van der Waals surface area contributed by atoms with Crippen LogP contribution in [-0.2, 0) is 9.47 Å². The first kappa shape index (κ1) is 19.2. The predicted molar refractivity (Wildman–Crippen MR) is 101 cm³/mol. The molecule has 30 heavy (non-hydrogen) atoms. The molecule has 0 aromatic carbocycles. The lowest BCUT2D eigenvalue weighted by Gasteiger charge is -2.17. The molecule has 0 bridgehead atoms. The van der Waals surface area contributed by atoms with E-state index < -0.39 is 24.5 Å². The highest BCUT2D eigenvalue weighted by molar-refractivity contribution is 5.82. The zero-order chi connectivity index (χ0) is 20.7. The molecule has 5 rings (SSSR count). The number of rotatable bonds is 6. The van der Waals surface area contributed by atoms with E-state index in [1.54, 1.807) is 17.6 Å². The van der Waals surface area contributed by atoms with Crippen molar-refractivity contribution in [2.45, 2.75) is 43.9 Å². The molecule has 2 saturated heterocycles. The molecule has 0 amide bonds. The fourth-order valence-electron chi connectivity index (χ4n) is 3.66. The van der Waals surface area contributed by atoms with E-state index in [9.17, 15) is 10.2 Å². The van der Waals surface area contributed by atoms with Crippen molar-refractivity contribution >= 4 is 17.0 Å². The first-order chi connectivity index (χ1) is 14.6. The van der Waals surface area contributed by atoms with Gasteiger partial charge in [-0.2, -0.15) is 0 Å². The maximum absolute atomic E-state index is 10.6. The molecule has 5 heterocycles. The average Bonchev–Trinajstić information content (AvgIpc) is 3.52. The van der Waals surface area contributed by atoms with Crippen LogP contribution in [0.1, 0.15) is 18.4 Å². The van der Waals surface area contributed by atoms with E-state index in [-0.39, 0.29) is 18.5 Å². The quantitative estimate of drug-likeness (QED) is 0.497. The lowest BCUT2D eigenvalue weighted by molar-refractivity contribution is -0.0481. The number of hydrogen-bond acceptors (Lipinski definition) is 11. The number of nitrogens with one attached hydrogen (secondary N) is 1. The maximum Gasteiger partial charge on any atom is 0.254 e. The van der Waals surface area contributed by atoms with Crippen molar-refractivity contribution in [2.75, 3.05) is 25.1 Å². The lowest BCUT2D eigenvalue weighted by Crippen LogP contribution is -2.34. The Bertz CT molecular complexity index is 1020. The standard InChI is InChI=1S/C18H22N6O6/c1-9-4-12(23-30-9)28-6-11-14(25)15(26)18(29-11)24-8-21-13-16(19-7-20-17(13)24)22-10-2-3-27-5-10/h4,7-8,10-11,14-15,18,25-26H,2-3,5-6H2,1H3,(H,19,20,22)/t10?,11-,14+,15-,18-/m1/s1. The zero-order valence-electron chi connectivity index (χ0n) is 16.2. The van der Waals surface area contributed by atoms with Crippen LogP contribution in [0, 0.1) is 6.92 Å². The van der Waals surface area contributed by atoms with Crippen molar-refractivity contribution < 1.29 is 28.9 Å². The fraction of sp³-hybridized carbons (Fsp3) is 0.556. The Hall–Kier alpha value is -2.80. The monoisotopic (exact) mass is 418 g/mol. The van der Waals surface area contributed by atoms with E-state index in [4.69, 9.17) is 18.7 Å². The molecule has 3 aromatic rings. The molecular weight excluding hydrogens is 396 g/mol. The summed E-state index contributed by atoms with van der Waals surface area (Å²) in [7, 11) is 0. The maximum atomic E-state index is 10.6. The summed E-state index contributed by atoms with van der Waals surface area (Å²) >= 11 is 0. The molecule has 5 atom stereocenters. The summed E-state index contributed by atoms with van der Waals surface area (Å²) < 4.78 is 23.3. The highest BCUT2D eigenvalue weighted by Gasteiger charge is 2.45. The number of ether oxygens (including phenoxy) is 3. The number of nitrogens with zero attached hydrogens (tertiary/aromatic N) is 5. The molecule has 160 valence electrons. The average molecular weight is 418 g/mol. The van der Waals surface area contributed by atoms with Gasteiger partial charge in [-0.1, -0.05) is 0 Å². The van der Waals surface area contributed by atoms with Gasteiger partial charge in [-0.15, -0.1) is 0 Å². The third-order valence-electron chi connectivity index (χ3n) is 5.24.